The molecular formula is AlNbO4. The molecule has 0 rings (SSSR count). The summed E-state index contributed by atoms with van der Waals surface area (Å²) in [6, 6.07) is 0. The van der Waals surface area contributed by atoms with Crippen molar-refractivity contribution in [3.8, 4) is 0 Å². The Morgan fingerprint density at radius 3 is 0.500 bits per heavy atom. The molecule has 0 aliphatic carbocycles. The van der Waals surface area contributed by atoms with Crippen LogP contribution in [-0.4, -0.2) is 17.4 Å². The molecule has 0 aromatic carbocycles. The van der Waals surface area contributed by atoms with E-state index in [9.17, 15) is 0 Å². The quantitative estimate of drug-likeness (QED) is 0.436. The van der Waals surface area contributed by atoms with Crippen LogP contribution in [0.15, 0.2) is 0 Å². The third-order valence-corrected chi connectivity index (χ3v) is 0. The van der Waals surface area contributed by atoms with Crippen LogP contribution >= 0.6 is 0 Å². The van der Waals surface area contributed by atoms with Crippen molar-refractivity contribution >= 4 is 17.4 Å². The molecule has 0 atom stereocenters. The Labute approximate surface area is 61.8 Å². The molecule has 0 saturated heterocycles. The van der Waals surface area contributed by atoms with Crippen molar-refractivity contribution in [2.24, 2.45) is 0 Å². The van der Waals surface area contributed by atoms with Crippen LogP contribution in [0.1, 0.15) is 0 Å². The smallest absolute Gasteiger partial charge is 2.00 e. The molecular weight excluding hydrogens is 184 g/mol. The van der Waals surface area contributed by atoms with Gasteiger partial charge in [-0.05, 0) is 0 Å². The summed E-state index contributed by atoms with van der Waals surface area (Å²) in [5, 5.41) is 0. The number of hydrogen-bond acceptors (Lipinski definition) is 0. The summed E-state index contributed by atoms with van der Waals surface area (Å²) in [5.74, 6) is 0. The standard InChI is InChI=1S/Al.Nb.4O/q+3;+5;4*-2. The second kappa shape index (κ2) is 129. The van der Waals surface area contributed by atoms with Gasteiger partial charge in [-0.1, -0.05) is 0 Å². The molecule has 0 spiro atoms. The van der Waals surface area contributed by atoms with E-state index in [1.165, 1.54) is 0 Å². The largest absolute Gasteiger partial charge is 5.00 e. The average Bonchev–Trinajstić information content (AvgIpc) is 0. The topological polar surface area (TPSA) is 114 Å². The van der Waals surface area contributed by atoms with Gasteiger partial charge >= 0.3 is 39.7 Å². The van der Waals surface area contributed by atoms with E-state index in [0.717, 1.165) is 0 Å². The Morgan fingerprint density at radius 1 is 0.500 bits per heavy atom. The van der Waals surface area contributed by atoms with Crippen molar-refractivity contribution < 1.29 is 44.3 Å². The first-order valence-corrected chi connectivity index (χ1v) is 0. The van der Waals surface area contributed by atoms with Crippen molar-refractivity contribution in [1.29, 1.82) is 0 Å². The van der Waals surface area contributed by atoms with Gasteiger partial charge in [0.05, 0.1) is 0 Å². The normalized spacial score (nSPS) is 0. The van der Waals surface area contributed by atoms with E-state index in [0.29, 0.717) is 0 Å². The molecule has 0 bridgehead atoms. The van der Waals surface area contributed by atoms with Gasteiger partial charge in [0.1, 0.15) is 0 Å². The zero-order valence-electron chi connectivity index (χ0n) is 2.66. The molecule has 4 nitrogen and oxygen atoms in total. The number of rotatable bonds is 0. The van der Waals surface area contributed by atoms with Gasteiger partial charge in [-0.3, -0.25) is 0 Å². The molecule has 0 aliphatic rings. The molecule has 0 aromatic rings. The van der Waals surface area contributed by atoms with Crippen LogP contribution < -0.4 is 0 Å². The van der Waals surface area contributed by atoms with E-state index in [1.54, 1.807) is 0 Å². The predicted octanol–water partition coefficient (Wildman–Crippen LogP) is -0.859. The third-order valence-electron chi connectivity index (χ3n) is 0. The fourth-order valence-electron chi connectivity index (χ4n) is 0. The summed E-state index contributed by atoms with van der Waals surface area (Å²) in [6.07, 6.45) is 0. The summed E-state index contributed by atoms with van der Waals surface area (Å²) in [5.41, 5.74) is 0. The first kappa shape index (κ1) is 215. The maximum absolute atomic E-state index is 0. The molecule has 0 saturated carbocycles. The molecule has 0 radical (unpaired) electrons. The van der Waals surface area contributed by atoms with E-state index >= 15 is 0 Å². The van der Waals surface area contributed by atoms with Crippen molar-refractivity contribution in [2.45, 2.75) is 0 Å². The van der Waals surface area contributed by atoms with E-state index in [4.69, 9.17) is 0 Å². The van der Waals surface area contributed by atoms with Gasteiger partial charge in [-0.15, -0.1) is 0 Å². The Bertz CT molecular complexity index is 7.51. The molecule has 6 heteroatoms. The van der Waals surface area contributed by atoms with Crippen LogP contribution in [0.2, 0.25) is 0 Å². The molecule has 0 fully saturated rings. The van der Waals surface area contributed by atoms with Gasteiger partial charge in [0.2, 0.25) is 0 Å². The van der Waals surface area contributed by atoms with E-state index in [2.05, 4.69) is 0 Å². The monoisotopic (exact) mass is 184 g/mol. The second-order valence-corrected chi connectivity index (χ2v) is 0. The zero-order valence-corrected chi connectivity index (χ0v) is 6.01. The SMILES string of the molecule is [Al+3].[Nb+5].[O-2].[O-2].[O-2].[O-2]. The molecule has 32 valence electrons. The maximum Gasteiger partial charge on any atom is 5.00 e. The average molecular weight is 184 g/mol. The van der Waals surface area contributed by atoms with Gasteiger partial charge in [0, 0.05) is 0 Å². The van der Waals surface area contributed by atoms with Crippen molar-refractivity contribution in [3.05, 3.63) is 0 Å². The summed E-state index contributed by atoms with van der Waals surface area (Å²) >= 11 is 0. The maximum atomic E-state index is 0. The molecule has 6 heavy (non-hydrogen) atoms. The molecule has 0 unspecified atom stereocenters. The van der Waals surface area contributed by atoms with Crippen LogP contribution in [0.5, 0.6) is 0 Å². The first-order chi connectivity index (χ1) is 0. The molecule has 0 aliphatic heterocycles. The zero-order chi connectivity index (χ0) is 0. The second-order valence-electron chi connectivity index (χ2n) is 0. The Kier molecular flexibility index (Phi) is 4620. The molecule has 0 amide bonds. The first-order valence-electron chi connectivity index (χ1n) is 0. The van der Waals surface area contributed by atoms with Gasteiger partial charge in [0.15, 0.2) is 0 Å². The van der Waals surface area contributed by atoms with Crippen molar-refractivity contribution in [2.75, 3.05) is 0 Å². The minimum absolute atomic E-state index is 0. The van der Waals surface area contributed by atoms with Crippen molar-refractivity contribution in [1.82, 2.24) is 0 Å². The van der Waals surface area contributed by atoms with E-state index in [-0.39, 0.29) is 61.6 Å². The third kappa shape index (κ3) is 69.8. The van der Waals surface area contributed by atoms with E-state index in [1.807, 2.05) is 0 Å². The molecule has 0 aromatic heterocycles. The summed E-state index contributed by atoms with van der Waals surface area (Å²) < 4.78 is 0. The van der Waals surface area contributed by atoms with Crippen LogP contribution in [0.25, 0.3) is 0 Å². The fraction of sp³-hybridized carbons (Fsp3) is 0. The Balaban J connectivity index is 0. The van der Waals surface area contributed by atoms with Gasteiger partial charge in [-0.25, -0.2) is 0 Å². The molecule has 0 N–H and O–H groups in total. The predicted molar refractivity (Wildman–Crippen MR) is 8.50 cm³/mol. The minimum atomic E-state index is 0. The molecule has 0 heterocycles. The van der Waals surface area contributed by atoms with Crippen LogP contribution in [0.3, 0.4) is 0 Å². The van der Waals surface area contributed by atoms with Crippen molar-refractivity contribution in [3.63, 3.8) is 0 Å². The van der Waals surface area contributed by atoms with Gasteiger partial charge < -0.3 is 21.9 Å². The summed E-state index contributed by atoms with van der Waals surface area (Å²) in [7, 11) is 0. The van der Waals surface area contributed by atoms with Crippen LogP contribution in [0.4, 0.5) is 0 Å². The fourth-order valence-corrected chi connectivity index (χ4v) is 0. The van der Waals surface area contributed by atoms with Gasteiger partial charge in [-0.2, -0.15) is 0 Å². The number of hydrogen-bond donors (Lipinski definition) is 0. The van der Waals surface area contributed by atoms with Crippen LogP contribution in [0, 0.1) is 0 Å². The Hall–Kier alpha value is 1.11. The summed E-state index contributed by atoms with van der Waals surface area (Å²) in [6.45, 7) is 0. The Morgan fingerprint density at radius 2 is 0.500 bits per heavy atom. The minimum Gasteiger partial charge on any atom is -2.00 e. The summed E-state index contributed by atoms with van der Waals surface area (Å²) in [4.78, 5) is 0. The van der Waals surface area contributed by atoms with Crippen LogP contribution in [-0.2, 0) is 44.3 Å². The van der Waals surface area contributed by atoms with E-state index < -0.39 is 0 Å². The van der Waals surface area contributed by atoms with Gasteiger partial charge in [0.25, 0.3) is 0 Å².